The summed E-state index contributed by atoms with van der Waals surface area (Å²) in [7, 11) is 0. The van der Waals surface area contributed by atoms with Crippen molar-refractivity contribution in [3.8, 4) is 40.0 Å². The Morgan fingerprint density at radius 1 is 0.439 bits per heavy atom. The van der Waals surface area contributed by atoms with E-state index in [1.165, 1.54) is 27.1 Å². The monoisotopic (exact) mass is 727 g/mol. The number of benzene rings is 8. The fraction of sp³-hybridized carbons (Fsp3) is 0. The Balaban J connectivity index is 1.03. The van der Waals surface area contributed by atoms with E-state index in [4.69, 9.17) is 9.40 Å². The zero-order valence-electron chi connectivity index (χ0n) is 30.4. The van der Waals surface area contributed by atoms with E-state index < -0.39 is 0 Å². The number of furan rings is 1. The number of rotatable bonds is 4. The zero-order valence-corrected chi connectivity index (χ0v) is 30.4. The molecule has 6 heteroatoms. The maximum absolute atomic E-state index is 9.84. The number of nitriles is 1. The van der Waals surface area contributed by atoms with Crippen molar-refractivity contribution in [3.05, 3.63) is 182 Å². The van der Waals surface area contributed by atoms with Gasteiger partial charge in [0, 0.05) is 54.6 Å². The Hall–Kier alpha value is -8.01. The molecule has 0 radical (unpaired) electrons. The first-order valence-electron chi connectivity index (χ1n) is 19.0. The average molecular weight is 728 g/mol. The lowest BCUT2D eigenvalue weighted by atomic mass is 9.98. The summed E-state index contributed by atoms with van der Waals surface area (Å²) in [5.74, 6) is 0.534. The van der Waals surface area contributed by atoms with Crippen molar-refractivity contribution in [1.29, 1.82) is 5.26 Å². The van der Waals surface area contributed by atoms with Gasteiger partial charge in [0.05, 0.1) is 27.6 Å². The van der Waals surface area contributed by atoms with Gasteiger partial charge < -0.3 is 13.6 Å². The van der Waals surface area contributed by atoms with Crippen LogP contribution in [0.1, 0.15) is 5.69 Å². The van der Waals surface area contributed by atoms with Crippen LogP contribution in [0.3, 0.4) is 0 Å². The van der Waals surface area contributed by atoms with Gasteiger partial charge in [-0.1, -0.05) is 91.0 Å². The lowest BCUT2D eigenvalue weighted by molar-refractivity contribution is 0.669. The molecular weight excluding hydrogens is 699 g/mol. The normalized spacial score (nSPS) is 11.8. The Labute approximate surface area is 325 Å². The molecule has 0 saturated heterocycles. The number of aromatic nitrogens is 4. The standard InChI is InChI=1S/C51H29N5O/c52-30-43-39-12-1-5-15-42(39)53-51(54-43)31-20-23-33(24-21-31)55-45-17-7-3-13-40(45)50-35(14-9-18-46(50)55)32-22-26-37-36-10-2-6-16-44(36)56(47(37)28-32)34-25-27-49-41(29-34)38-11-4-8-19-48(38)57-49/h1-29H. The van der Waals surface area contributed by atoms with Gasteiger partial charge in [-0.3, -0.25) is 0 Å². The lowest BCUT2D eigenvalue weighted by Gasteiger charge is -2.11. The Morgan fingerprint density at radius 2 is 1.07 bits per heavy atom. The zero-order chi connectivity index (χ0) is 37.6. The molecule has 0 fully saturated rings. The van der Waals surface area contributed by atoms with E-state index >= 15 is 0 Å². The third kappa shape index (κ3) is 4.63. The molecule has 0 aliphatic heterocycles. The van der Waals surface area contributed by atoms with Crippen LogP contribution in [0.4, 0.5) is 0 Å². The van der Waals surface area contributed by atoms with Crippen LogP contribution in [-0.2, 0) is 0 Å². The molecule has 6 nitrogen and oxygen atoms in total. The van der Waals surface area contributed by atoms with Gasteiger partial charge in [-0.15, -0.1) is 0 Å². The molecule has 264 valence electrons. The van der Waals surface area contributed by atoms with Crippen molar-refractivity contribution in [2.24, 2.45) is 0 Å². The largest absolute Gasteiger partial charge is 0.456 e. The third-order valence-corrected chi connectivity index (χ3v) is 11.4. The summed E-state index contributed by atoms with van der Waals surface area (Å²) in [6.45, 7) is 0. The molecule has 0 amide bonds. The highest BCUT2D eigenvalue weighted by Gasteiger charge is 2.19. The number of hydrogen-bond donors (Lipinski definition) is 0. The molecule has 0 aliphatic rings. The SMILES string of the molecule is N#Cc1nc(-c2ccc(-n3c4ccccc4c4c(-c5ccc6c7ccccc7n(-c7ccc8oc9ccccc9c8c7)c6c5)cccc43)cc2)nc2ccccc12. The van der Waals surface area contributed by atoms with Crippen molar-refractivity contribution >= 4 is 76.5 Å². The fourth-order valence-corrected chi connectivity index (χ4v) is 8.86. The average Bonchev–Trinajstić information content (AvgIpc) is 3.93. The number of para-hydroxylation sites is 4. The summed E-state index contributed by atoms with van der Waals surface area (Å²) in [5.41, 5.74) is 12.7. The summed E-state index contributed by atoms with van der Waals surface area (Å²) in [6.07, 6.45) is 0. The number of nitrogens with zero attached hydrogens (tertiary/aromatic N) is 5. The molecule has 0 bridgehead atoms. The van der Waals surface area contributed by atoms with Crippen LogP contribution in [-0.4, -0.2) is 19.1 Å². The van der Waals surface area contributed by atoms with Gasteiger partial charge in [0.1, 0.15) is 17.2 Å². The summed E-state index contributed by atoms with van der Waals surface area (Å²) in [5, 5.41) is 17.6. The van der Waals surface area contributed by atoms with E-state index in [9.17, 15) is 5.26 Å². The second-order valence-electron chi connectivity index (χ2n) is 14.5. The van der Waals surface area contributed by atoms with Crippen LogP contribution in [0.25, 0.3) is 110 Å². The van der Waals surface area contributed by atoms with Crippen molar-refractivity contribution < 1.29 is 4.42 Å². The number of hydrogen-bond acceptors (Lipinski definition) is 4. The molecule has 0 N–H and O–H groups in total. The van der Waals surface area contributed by atoms with Crippen molar-refractivity contribution in [1.82, 2.24) is 19.1 Å². The minimum atomic E-state index is 0.376. The van der Waals surface area contributed by atoms with E-state index in [1.807, 2.05) is 48.5 Å². The molecule has 4 heterocycles. The molecule has 0 atom stereocenters. The Bertz CT molecular complexity index is 3650. The molecule has 0 unspecified atom stereocenters. The van der Waals surface area contributed by atoms with Crippen LogP contribution < -0.4 is 0 Å². The molecule has 57 heavy (non-hydrogen) atoms. The van der Waals surface area contributed by atoms with Crippen molar-refractivity contribution in [3.63, 3.8) is 0 Å². The molecule has 0 aliphatic carbocycles. The second-order valence-corrected chi connectivity index (χ2v) is 14.5. The highest BCUT2D eigenvalue weighted by molar-refractivity contribution is 6.17. The summed E-state index contributed by atoms with van der Waals surface area (Å²) < 4.78 is 10.9. The van der Waals surface area contributed by atoms with E-state index in [-0.39, 0.29) is 0 Å². The minimum Gasteiger partial charge on any atom is -0.456 e. The van der Waals surface area contributed by atoms with Crippen LogP contribution in [0.5, 0.6) is 0 Å². The molecule has 4 aromatic heterocycles. The topological polar surface area (TPSA) is 72.6 Å². The quantitative estimate of drug-likeness (QED) is 0.181. The lowest BCUT2D eigenvalue weighted by Crippen LogP contribution is -1.97. The van der Waals surface area contributed by atoms with Gasteiger partial charge in [0.15, 0.2) is 11.5 Å². The highest BCUT2D eigenvalue weighted by atomic mass is 16.3. The van der Waals surface area contributed by atoms with Gasteiger partial charge in [-0.05, 0) is 96.1 Å². The highest BCUT2D eigenvalue weighted by Crippen LogP contribution is 2.42. The summed E-state index contributed by atoms with van der Waals surface area (Å²) in [4.78, 5) is 9.43. The fourth-order valence-electron chi connectivity index (χ4n) is 8.86. The maximum atomic E-state index is 9.84. The van der Waals surface area contributed by atoms with Crippen LogP contribution in [0, 0.1) is 11.3 Å². The van der Waals surface area contributed by atoms with Crippen LogP contribution >= 0.6 is 0 Å². The molecular formula is C51H29N5O. The first-order valence-corrected chi connectivity index (χ1v) is 19.0. The van der Waals surface area contributed by atoms with E-state index in [0.717, 1.165) is 77.4 Å². The Kier molecular flexibility index (Phi) is 6.60. The first-order chi connectivity index (χ1) is 28.2. The summed E-state index contributed by atoms with van der Waals surface area (Å²) >= 11 is 0. The van der Waals surface area contributed by atoms with Crippen molar-refractivity contribution in [2.75, 3.05) is 0 Å². The molecule has 12 rings (SSSR count). The third-order valence-electron chi connectivity index (χ3n) is 11.4. The van der Waals surface area contributed by atoms with Gasteiger partial charge in [0.2, 0.25) is 0 Å². The predicted molar refractivity (Wildman–Crippen MR) is 231 cm³/mol. The van der Waals surface area contributed by atoms with E-state index in [0.29, 0.717) is 11.5 Å². The molecule has 12 aromatic rings. The Morgan fingerprint density at radius 3 is 1.91 bits per heavy atom. The predicted octanol–water partition coefficient (Wildman–Crippen LogP) is 12.9. The van der Waals surface area contributed by atoms with Crippen LogP contribution in [0.15, 0.2) is 180 Å². The van der Waals surface area contributed by atoms with Crippen molar-refractivity contribution in [2.45, 2.75) is 0 Å². The molecule has 0 saturated carbocycles. The molecule has 0 spiro atoms. The second kappa shape index (κ2) is 12.0. The smallest absolute Gasteiger partial charge is 0.161 e. The number of fused-ring (bicyclic) bond motifs is 10. The maximum Gasteiger partial charge on any atom is 0.161 e. The first kappa shape index (κ1) is 31.4. The van der Waals surface area contributed by atoms with Gasteiger partial charge in [-0.2, -0.15) is 5.26 Å². The van der Waals surface area contributed by atoms with Gasteiger partial charge in [-0.25, -0.2) is 9.97 Å². The van der Waals surface area contributed by atoms with E-state index in [1.54, 1.807) is 0 Å². The summed E-state index contributed by atoms with van der Waals surface area (Å²) in [6, 6.07) is 63.7. The van der Waals surface area contributed by atoms with Gasteiger partial charge in [0.25, 0.3) is 0 Å². The van der Waals surface area contributed by atoms with Crippen LogP contribution in [0.2, 0.25) is 0 Å². The molecule has 8 aromatic carbocycles. The minimum absolute atomic E-state index is 0.376. The van der Waals surface area contributed by atoms with Gasteiger partial charge >= 0.3 is 0 Å². The van der Waals surface area contributed by atoms with E-state index in [2.05, 4.69) is 148 Å².